The zero-order valence-corrected chi connectivity index (χ0v) is 19.7. The monoisotopic (exact) mass is 474 g/mol. The first kappa shape index (κ1) is 23.2. The van der Waals surface area contributed by atoms with Crippen molar-refractivity contribution in [3.8, 4) is 11.4 Å². The lowest BCUT2D eigenvalue weighted by molar-refractivity contribution is 0.203. The standard InChI is InChI=1S/C27H31FN6O/c28-21-5-1-4-20(16-21)24-7-3-13-34(24)25(29)9-10-26-30-17-23(31-26)22-6-2-8-27(32-22)33-14-11-19(18-35)12-15-33/h1-2,4-6,8-10,16-17,19,24,29,35H,3,7,11-15,18H2,(H,30,31)/b10-9-,29-25?. The van der Waals surface area contributed by atoms with Crippen LogP contribution in [0.25, 0.3) is 17.5 Å². The number of hydrogen-bond donors (Lipinski definition) is 3. The number of aliphatic hydroxyl groups excluding tert-OH is 1. The summed E-state index contributed by atoms with van der Waals surface area (Å²) in [5.74, 6) is 2.12. The van der Waals surface area contributed by atoms with E-state index in [9.17, 15) is 9.50 Å². The third-order valence-electron chi connectivity index (χ3n) is 7.00. The van der Waals surface area contributed by atoms with E-state index in [0.717, 1.165) is 68.1 Å². The van der Waals surface area contributed by atoms with Gasteiger partial charge in [0.05, 0.1) is 23.6 Å². The van der Waals surface area contributed by atoms with Gasteiger partial charge in [-0.1, -0.05) is 18.2 Å². The van der Waals surface area contributed by atoms with Crippen molar-refractivity contribution in [1.82, 2.24) is 19.9 Å². The fourth-order valence-corrected chi connectivity index (χ4v) is 5.01. The molecule has 1 unspecified atom stereocenters. The number of aromatic amines is 1. The summed E-state index contributed by atoms with van der Waals surface area (Å²) in [5, 5.41) is 18.0. The Morgan fingerprint density at radius 2 is 1.97 bits per heavy atom. The zero-order chi connectivity index (χ0) is 24.2. The number of H-pyrrole nitrogens is 1. The molecule has 4 heterocycles. The first-order valence-corrected chi connectivity index (χ1v) is 12.3. The van der Waals surface area contributed by atoms with E-state index >= 15 is 0 Å². The van der Waals surface area contributed by atoms with Gasteiger partial charge in [-0.05, 0) is 73.6 Å². The lowest BCUT2D eigenvalue weighted by Gasteiger charge is -2.32. The number of halogens is 1. The summed E-state index contributed by atoms with van der Waals surface area (Å²) in [7, 11) is 0. The number of rotatable bonds is 6. The van der Waals surface area contributed by atoms with Crippen LogP contribution in [0.15, 0.2) is 54.7 Å². The van der Waals surface area contributed by atoms with Crippen LogP contribution >= 0.6 is 0 Å². The predicted molar refractivity (Wildman–Crippen MR) is 136 cm³/mol. The number of piperidine rings is 1. The summed E-state index contributed by atoms with van der Waals surface area (Å²) >= 11 is 0. The maximum absolute atomic E-state index is 13.7. The Labute approximate surface area is 204 Å². The smallest absolute Gasteiger partial charge is 0.130 e. The van der Waals surface area contributed by atoms with Crippen LogP contribution < -0.4 is 4.90 Å². The van der Waals surface area contributed by atoms with Gasteiger partial charge in [-0.2, -0.15) is 0 Å². The number of hydrogen-bond acceptors (Lipinski definition) is 5. The number of aromatic nitrogens is 3. The highest BCUT2D eigenvalue weighted by atomic mass is 19.1. The maximum atomic E-state index is 13.7. The van der Waals surface area contributed by atoms with Crippen LogP contribution in [0, 0.1) is 17.1 Å². The van der Waals surface area contributed by atoms with Crippen molar-refractivity contribution >= 4 is 17.7 Å². The van der Waals surface area contributed by atoms with Gasteiger partial charge in [0.2, 0.25) is 0 Å². The number of likely N-dealkylation sites (tertiary alicyclic amines) is 1. The summed E-state index contributed by atoms with van der Waals surface area (Å²) in [6, 6.07) is 12.7. The van der Waals surface area contributed by atoms with Gasteiger partial charge in [-0.25, -0.2) is 14.4 Å². The molecular weight excluding hydrogens is 443 g/mol. The number of amidine groups is 1. The number of pyridine rings is 1. The first-order chi connectivity index (χ1) is 17.1. The van der Waals surface area contributed by atoms with Gasteiger partial charge in [0, 0.05) is 26.2 Å². The van der Waals surface area contributed by atoms with E-state index in [-0.39, 0.29) is 18.5 Å². The molecule has 182 valence electrons. The molecule has 35 heavy (non-hydrogen) atoms. The SMILES string of the molecule is N=C(/C=C\c1ncc(-c2cccc(N3CCC(CO)CC3)n2)[nH]1)N1CCCC1c1cccc(F)c1. The molecule has 0 saturated carbocycles. The van der Waals surface area contributed by atoms with Crippen LogP contribution in [0.4, 0.5) is 10.2 Å². The summed E-state index contributed by atoms with van der Waals surface area (Å²) in [6.45, 7) is 2.83. The summed E-state index contributed by atoms with van der Waals surface area (Å²) in [4.78, 5) is 16.9. The summed E-state index contributed by atoms with van der Waals surface area (Å²) in [6.07, 6.45) is 9.14. The number of aliphatic hydroxyl groups is 1. The number of benzene rings is 1. The van der Waals surface area contributed by atoms with E-state index in [2.05, 4.69) is 14.9 Å². The fraction of sp³-hybridized carbons (Fsp3) is 0.370. The summed E-state index contributed by atoms with van der Waals surface area (Å²) in [5.41, 5.74) is 2.55. The molecule has 8 heteroatoms. The average Bonchev–Trinajstić information content (AvgIpc) is 3.58. The second-order valence-electron chi connectivity index (χ2n) is 9.30. The van der Waals surface area contributed by atoms with Gasteiger partial charge in [-0.3, -0.25) is 5.41 Å². The number of anilines is 1. The zero-order valence-electron chi connectivity index (χ0n) is 19.7. The number of imidazole rings is 1. The van der Waals surface area contributed by atoms with E-state index in [0.29, 0.717) is 17.6 Å². The fourth-order valence-electron chi connectivity index (χ4n) is 5.01. The van der Waals surface area contributed by atoms with E-state index in [1.54, 1.807) is 30.5 Å². The molecule has 2 aliphatic rings. The van der Waals surface area contributed by atoms with Crippen molar-refractivity contribution in [3.63, 3.8) is 0 Å². The molecule has 5 rings (SSSR count). The second-order valence-corrected chi connectivity index (χ2v) is 9.30. The van der Waals surface area contributed by atoms with Crippen LogP contribution in [-0.2, 0) is 0 Å². The van der Waals surface area contributed by atoms with Gasteiger partial charge in [-0.15, -0.1) is 0 Å². The van der Waals surface area contributed by atoms with Crippen molar-refractivity contribution in [2.45, 2.75) is 31.7 Å². The molecule has 7 nitrogen and oxygen atoms in total. The minimum atomic E-state index is -0.244. The maximum Gasteiger partial charge on any atom is 0.130 e. The molecule has 0 radical (unpaired) electrons. The molecule has 2 aliphatic heterocycles. The largest absolute Gasteiger partial charge is 0.396 e. The van der Waals surface area contributed by atoms with Gasteiger partial charge >= 0.3 is 0 Å². The normalized spacial score (nSPS) is 19.1. The molecule has 2 aromatic heterocycles. The van der Waals surface area contributed by atoms with Crippen LogP contribution in [0.5, 0.6) is 0 Å². The van der Waals surface area contributed by atoms with E-state index in [1.165, 1.54) is 6.07 Å². The third kappa shape index (κ3) is 5.27. The Morgan fingerprint density at radius 3 is 2.77 bits per heavy atom. The van der Waals surface area contributed by atoms with E-state index in [4.69, 9.17) is 10.4 Å². The Bertz CT molecular complexity index is 1200. The van der Waals surface area contributed by atoms with Gasteiger partial charge in [0.1, 0.15) is 23.3 Å². The van der Waals surface area contributed by atoms with E-state index in [1.807, 2.05) is 29.2 Å². The average molecular weight is 475 g/mol. The highest BCUT2D eigenvalue weighted by Gasteiger charge is 2.27. The van der Waals surface area contributed by atoms with E-state index < -0.39 is 0 Å². The second kappa shape index (κ2) is 10.4. The Kier molecular flexibility index (Phi) is 6.90. The van der Waals surface area contributed by atoms with Crippen LogP contribution in [0.3, 0.4) is 0 Å². The lowest BCUT2D eigenvalue weighted by atomic mass is 9.98. The molecule has 0 bridgehead atoms. The molecule has 0 aliphatic carbocycles. The minimum Gasteiger partial charge on any atom is -0.396 e. The third-order valence-corrected chi connectivity index (χ3v) is 7.00. The molecule has 0 amide bonds. The highest BCUT2D eigenvalue weighted by Crippen LogP contribution is 2.32. The molecular formula is C27H31FN6O. The highest BCUT2D eigenvalue weighted by molar-refractivity contribution is 5.94. The molecule has 3 N–H and O–H groups in total. The van der Waals surface area contributed by atoms with Crippen molar-refractivity contribution < 1.29 is 9.50 Å². The first-order valence-electron chi connectivity index (χ1n) is 12.3. The van der Waals surface area contributed by atoms with Crippen molar-refractivity contribution in [1.29, 1.82) is 5.41 Å². The molecule has 1 atom stereocenters. The minimum absolute atomic E-state index is 0.0180. The van der Waals surface area contributed by atoms with Crippen LogP contribution in [0.1, 0.15) is 43.1 Å². The topological polar surface area (TPSA) is 92.1 Å². The molecule has 1 aromatic carbocycles. The Morgan fingerprint density at radius 1 is 1.14 bits per heavy atom. The molecule has 2 saturated heterocycles. The number of nitrogens with one attached hydrogen (secondary N) is 2. The Hall–Kier alpha value is -3.52. The molecule has 2 fully saturated rings. The quantitative estimate of drug-likeness (QED) is 0.357. The van der Waals surface area contributed by atoms with Gasteiger partial charge in [0.15, 0.2) is 0 Å². The predicted octanol–water partition coefficient (Wildman–Crippen LogP) is 4.65. The van der Waals surface area contributed by atoms with Crippen molar-refractivity contribution in [2.75, 3.05) is 31.1 Å². The summed E-state index contributed by atoms with van der Waals surface area (Å²) < 4.78 is 13.7. The Balaban J connectivity index is 1.25. The molecule has 0 spiro atoms. The lowest BCUT2D eigenvalue weighted by Crippen LogP contribution is -2.35. The van der Waals surface area contributed by atoms with Gasteiger partial charge < -0.3 is 19.9 Å². The van der Waals surface area contributed by atoms with Crippen molar-refractivity contribution in [3.05, 3.63) is 71.9 Å². The van der Waals surface area contributed by atoms with Crippen LogP contribution in [-0.4, -0.2) is 57.0 Å². The number of nitrogens with zero attached hydrogens (tertiary/aromatic N) is 4. The molecule has 3 aromatic rings. The van der Waals surface area contributed by atoms with Crippen LogP contribution in [0.2, 0.25) is 0 Å². The van der Waals surface area contributed by atoms with Crippen molar-refractivity contribution in [2.24, 2.45) is 5.92 Å². The van der Waals surface area contributed by atoms with Gasteiger partial charge in [0.25, 0.3) is 0 Å².